The van der Waals surface area contributed by atoms with Gasteiger partial charge in [0.05, 0.1) is 25.1 Å². The summed E-state index contributed by atoms with van der Waals surface area (Å²) in [6.45, 7) is 5.52. The molecule has 2 fully saturated rings. The summed E-state index contributed by atoms with van der Waals surface area (Å²) < 4.78 is 0. The Bertz CT molecular complexity index is 654. The summed E-state index contributed by atoms with van der Waals surface area (Å²) in [4.78, 5) is 27.3. The van der Waals surface area contributed by atoms with Crippen molar-refractivity contribution >= 4 is 12.0 Å². The van der Waals surface area contributed by atoms with Gasteiger partial charge in [-0.2, -0.15) is 0 Å². The first kappa shape index (κ1) is 16.8. The Hall–Kier alpha value is -2.08. The van der Waals surface area contributed by atoms with E-state index in [1.54, 1.807) is 9.80 Å². The second-order valence-electron chi connectivity index (χ2n) is 7.06. The lowest BCUT2D eigenvalue weighted by molar-refractivity contribution is -0.143. The number of aryl methyl sites for hydroxylation is 2. The number of piperidine rings is 1. The smallest absolute Gasteiger partial charge is 0.320 e. The fraction of sp³-hybridized carbons (Fsp3) is 0.556. The van der Waals surface area contributed by atoms with Crippen LogP contribution in [-0.4, -0.2) is 64.3 Å². The van der Waals surface area contributed by atoms with E-state index < -0.39 is 18.0 Å². The Kier molecular flexibility index (Phi) is 4.49. The molecule has 2 amide bonds. The minimum Gasteiger partial charge on any atom is -0.481 e. The van der Waals surface area contributed by atoms with Gasteiger partial charge in [0.1, 0.15) is 0 Å². The first-order valence-electron chi connectivity index (χ1n) is 8.37. The highest BCUT2D eigenvalue weighted by Crippen LogP contribution is 2.32. The van der Waals surface area contributed by atoms with Crippen LogP contribution >= 0.6 is 0 Å². The Balaban J connectivity index is 1.79. The molecule has 0 saturated carbocycles. The van der Waals surface area contributed by atoms with E-state index in [0.717, 1.165) is 5.56 Å². The van der Waals surface area contributed by atoms with Crippen LogP contribution in [0.2, 0.25) is 0 Å². The van der Waals surface area contributed by atoms with E-state index in [4.69, 9.17) is 0 Å². The van der Waals surface area contributed by atoms with Crippen molar-refractivity contribution in [3.63, 3.8) is 0 Å². The van der Waals surface area contributed by atoms with Gasteiger partial charge in [-0.15, -0.1) is 0 Å². The quantitative estimate of drug-likeness (QED) is 0.862. The minimum atomic E-state index is -0.857. The highest BCUT2D eigenvalue weighted by molar-refractivity contribution is 5.77. The number of aliphatic hydroxyl groups is 1. The molecule has 0 radical (unpaired) electrons. The van der Waals surface area contributed by atoms with Crippen molar-refractivity contribution in [3.05, 3.63) is 34.9 Å². The minimum absolute atomic E-state index is 0.0225. The molecule has 130 valence electrons. The molecule has 6 nitrogen and oxygen atoms in total. The molecule has 0 aromatic heterocycles. The van der Waals surface area contributed by atoms with Crippen molar-refractivity contribution in [2.75, 3.05) is 26.2 Å². The maximum Gasteiger partial charge on any atom is 0.320 e. The summed E-state index contributed by atoms with van der Waals surface area (Å²) in [6.07, 6.45) is 0.0918. The van der Waals surface area contributed by atoms with Crippen molar-refractivity contribution in [2.24, 2.45) is 5.92 Å². The predicted octanol–water partition coefficient (Wildman–Crippen LogP) is 1.59. The zero-order valence-electron chi connectivity index (χ0n) is 14.1. The van der Waals surface area contributed by atoms with Crippen LogP contribution in [0.25, 0.3) is 0 Å². The largest absolute Gasteiger partial charge is 0.481 e. The highest BCUT2D eigenvalue weighted by Gasteiger charge is 2.38. The molecule has 0 aliphatic carbocycles. The lowest BCUT2D eigenvalue weighted by Crippen LogP contribution is -2.59. The number of β-amino-alcohol motifs (C(OH)–C–C–N with tert-alkyl or cyclic N) is 1. The molecule has 1 aromatic rings. The third-order valence-corrected chi connectivity index (χ3v) is 5.21. The third-order valence-electron chi connectivity index (χ3n) is 5.21. The highest BCUT2D eigenvalue weighted by atomic mass is 16.4. The van der Waals surface area contributed by atoms with Crippen LogP contribution < -0.4 is 0 Å². The van der Waals surface area contributed by atoms with Gasteiger partial charge in [0.25, 0.3) is 0 Å². The number of carbonyl (C=O) groups excluding carboxylic acids is 1. The van der Waals surface area contributed by atoms with Crippen molar-refractivity contribution < 1.29 is 19.8 Å². The van der Waals surface area contributed by atoms with Gasteiger partial charge in [0, 0.05) is 19.0 Å². The maximum absolute atomic E-state index is 12.5. The zero-order valence-corrected chi connectivity index (χ0v) is 14.1. The van der Waals surface area contributed by atoms with Gasteiger partial charge in [-0.25, -0.2) is 4.79 Å². The summed E-state index contributed by atoms with van der Waals surface area (Å²) in [5, 5.41) is 18.8. The summed E-state index contributed by atoms with van der Waals surface area (Å²) in [5.74, 6) is -1.39. The summed E-state index contributed by atoms with van der Waals surface area (Å²) >= 11 is 0. The molecule has 2 unspecified atom stereocenters. The number of hydrogen-bond acceptors (Lipinski definition) is 3. The number of aliphatic hydroxyl groups excluding tert-OH is 1. The molecule has 2 N–H and O–H groups in total. The Morgan fingerprint density at radius 2 is 1.71 bits per heavy atom. The molecule has 1 aromatic carbocycles. The zero-order chi connectivity index (χ0) is 17.4. The molecule has 0 spiro atoms. The van der Waals surface area contributed by atoms with Crippen LogP contribution in [0.5, 0.6) is 0 Å². The number of nitrogens with zero attached hydrogens (tertiary/aromatic N) is 2. The number of amides is 2. The number of carbonyl (C=O) groups is 2. The topological polar surface area (TPSA) is 81.1 Å². The fourth-order valence-electron chi connectivity index (χ4n) is 3.51. The second-order valence-corrected chi connectivity index (χ2v) is 7.06. The van der Waals surface area contributed by atoms with E-state index in [2.05, 4.69) is 6.07 Å². The molecule has 2 heterocycles. The number of benzene rings is 1. The van der Waals surface area contributed by atoms with E-state index >= 15 is 0 Å². The first-order valence-corrected chi connectivity index (χ1v) is 8.37. The average Bonchev–Trinajstić information content (AvgIpc) is 2.53. The van der Waals surface area contributed by atoms with Crippen LogP contribution in [0.15, 0.2) is 18.2 Å². The van der Waals surface area contributed by atoms with Gasteiger partial charge in [0.15, 0.2) is 0 Å². The first-order chi connectivity index (χ1) is 11.3. The number of aliphatic carboxylic acids is 1. The monoisotopic (exact) mass is 332 g/mol. The van der Waals surface area contributed by atoms with E-state index in [9.17, 15) is 19.8 Å². The molecular weight excluding hydrogens is 308 g/mol. The average molecular weight is 332 g/mol. The third kappa shape index (κ3) is 3.24. The van der Waals surface area contributed by atoms with Crippen LogP contribution in [0, 0.1) is 19.8 Å². The van der Waals surface area contributed by atoms with Gasteiger partial charge < -0.3 is 20.0 Å². The molecule has 3 rings (SSSR count). The SMILES string of the molecule is Cc1ccc(C2CC(C(=O)O)CN(C(=O)N3CC(O)C3)C2)cc1C. The molecule has 2 aliphatic rings. The van der Waals surface area contributed by atoms with Gasteiger partial charge in [-0.05, 0) is 37.0 Å². The van der Waals surface area contributed by atoms with Crippen molar-refractivity contribution in [3.8, 4) is 0 Å². The summed E-state index contributed by atoms with van der Waals surface area (Å²) in [7, 11) is 0. The lowest BCUT2D eigenvalue weighted by atomic mass is 9.83. The number of rotatable bonds is 2. The molecule has 24 heavy (non-hydrogen) atoms. The van der Waals surface area contributed by atoms with Crippen LogP contribution in [0.4, 0.5) is 4.79 Å². The number of likely N-dealkylation sites (tertiary alicyclic amines) is 2. The summed E-state index contributed by atoms with van der Waals surface area (Å²) in [5.41, 5.74) is 3.46. The Morgan fingerprint density at radius 3 is 2.29 bits per heavy atom. The lowest BCUT2D eigenvalue weighted by Gasteiger charge is -2.43. The predicted molar refractivity (Wildman–Crippen MR) is 88.9 cm³/mol. The van der Waals surface area contributed by atoms with Gasteiger partial charge in [0.2, 0.25) is 0 Å². The van der Waals surface area contributed by atoms with E-state index in [0.29, 0.717) is 26.1 Å². The second kappa shape index (κ2) is 6.43. The molecule has 2 saturated heterocycles. The Morgan fingerprint density at radius 1 is 1.04 bits per heavy atom. The van der Waals surface area contributed by atoms with Crippen molar-refractivity contribution in [1.29, 1.82) is 0 Å². The van der Waals surface area contributed by atoms with Crippen LogP contribution in [0.1, 0.15) is 29.0 Å². The van der Waals surface area contributed by atoms with Gasteiger partial charge in [-0.1, -0.05) is 18.2 Å². The van der Waals surface area contributed by atoms with Gasteiger partial charge in [-0.3, -0.25) is 4.79 Å². The van der Waals surface area contributed by atoms with Crippen LogP contribution in [-0.2, 0) is 4.79 Å². The molecule has 2 aliphatic heterocycles. The number of carboxylic acids is 1. The number of carboxylic acid groups (broad SMARTS) is 1. The molecular formula is C18H24N2O4. The normalized spacial score (nSPS) is 24.6. The molecule has 6 heteroatoms. The van der Waals surface area contributed by atoms with Crippen molar-refractivity contribution in [1.82, 2.24) is 9.80 Å². The van der Waals surface area contributed by atoms with Gasteiger partial charge >= 0.3 is 12.0 Å². The fourth-order valence-corrected chi connectivity index (χ4v) is 3.51. The summed E-state index contributed by atoms with van der Waals surface area (Å²) in [6, 6.07) is 6.01. The van der Waals surface area contributed by atoms with Crippen LogP contribution in [0.3, 0.4) is 0 Å². The molecule has 0 bridgehead atoms. The number of urea groups is 1. The number of hydrogen-bond donors (Lipinski definition) is 2. The standard InChI is InChI=1S/C18H24N2O4/c1-11-3-4-13(5-12(11)2)14-6-15(17(22)23)8-19(7-14)18(24)20-9-16(21)10-20/h3-5,14-16,21H,6-10H2,1-2H3,(H,22,23). The molecule has 2 atom stereocenters. The Labute approximate surface area is 141 Å². The van der Waals surface area contributed by atoms with E-state index in [1.807, 2.05) is 26.0 Å². The maximum atomic E-state index is 12.5. The van der Waals surface area contributed by atoms with E-state index in [-0.39, 0.29) is 18.5 Å². The van der Waals surface area contributed by atoms with E-state index in [1.165, 1.54) is 11.1 Å². The van der Waals surface area contributed by atoms with Crippen molar-refractivity contribution in [2.45, 2.75) is 32.3 Å².